The molecule has 0 spiro atoms. The molecule has 4 rings (SSSR count). The van der Waals surface area contributed by atoms with E-state index in [0.29, 0.717) is 41.6 Å². The Balaban J connectivity index is 1.72. The second-order valence-corrected chi connectivity index (χ2v) is 7.65. The Morgan fingerprint density at radius 3 is 2.41 bits per heavy atom. The van der Waals surface area contributed by atoms with Gasteiger partial charge >= 0.3 is 0 Å². The number of fused-ring (bicyclic) bond motifs is 1. The fourth-order valence-electron chi connectivity index (χ4n) is 4.21. The summed E-state index contributed by atoms with van der Waals surface area (Å²) in [6, 6.07) is 11.1. The van der Waals surface area contributed by atoms with Crippen molar-refractivity contribution < 1.29 is 23.8 Å². The first-order valence-electron chi connectivity index (χ1n) is 10.4. The molecule has 3 aromatic rings. The molecule has 1 saturated heterocycles. The standard InChI is InChI=1S/C24H27N3O5/c1-26-19-10-9-16(30-2)12-18(19)22(27-11-5-6-21(27)28)23(26)24(29)25-14-15-7-8-17(31-3)13-20(15)32-4/h7-10,12-13H,5-6,11,14H2,1-4H3,(H,25,29). The fourth-order valence-corrected chi connectivity index (χ4v) is 4.21. The Morgan fingerprint density at radius 1 is 1.03 bits per heavy atom. The summed E-state index contributed by atoms with van der Waals surface area (Å²) >= 11 is 0. The van der Waals surface area contributed by atoms with Gasteiger partial charge in [-0.3, -0.25) is 9.59 Å². The van der Waals surface area contributed by atoms with Crippen molar-refractivity contribution in [3.8, 4) is 17.2 Å². The number of nitrogens with one attached hydrogen (secondary N) is 1. The van der Waals surface area contributed by atoms with Crippen molar-refractivity contribution in [3.63, 3.8) is 0 Å². The van der Waals surface area contributed by atoms with Gasteiger partial charge in [0.15, 0.2) is 0 Å². The molecule has 0 atom stereocenters. The molecule has 1 aliphatic heterocycles. The lowest BCUT2D eigenvalue weighted by Gasteiger charge is -2.18. The molecule has 2 aromatic carbocycles. The van der Waals surface area contributed by atoms with E-state index in [-0.39, 0.29) is 18.4 Å². The van der Waals surface area contributed by atoms with Gasteiger partial charge in [-0.15, -0.1) is 0 Å². The van der Waals surface area contributed by atoms with Crippen molar-refractivity contribution >= 4 is 28.4 Å². The highest BCUT2D eigenvalue weighted by molar-refractivity contribution is 6.14. The van der Waals surface area contributed by atoms with Crippen molar-refractivity contribution in [2.45, 2.75) is 19.4 Å². The number of hydrogen-bond acceptors (Lipinski definition) is 5. The molecule has 2 amide bonds. The maximum absolute atomic E-state index is 13.4. The molecule has 0 bridgehead atoms. The minimum atomic E-state index is -0.268. The summed E-state index contributed by atoms with van der Waals surface area (Å²) in [6.45, 7) is 0.853. The summed E-state index contributed by atoms with van der Waals surface area (Å²) in [5.41, 5.74) is 2.74. The van der Waals surface area contributed by atoms with Crippen LogP contribution >= 0.6 is 0 Å². The first-order valence-corrected chi connectivity index (χ1v) is 10.4. The average molecular weight is 437 g/mol. The molecule has 8 nitrogen and oxygen atoms in total. The zero-order chi connectivity index (χ0) is 22.8. The number of carbonyl (C=O) groups excluding carboxylic acids is 2. The van der Waals surface area contributed by atoms with Crippen LogP contribution in [0.15, 0.2) is 36.4 Å². The summed E-state index contributed by atoms with van der Waals surface area (Å²) in [4.78, 5) is 27.7. The van der Waals surface area contributed by atoms with Gasteiger partial charge in [0.2, 0.25) is 5.91 Å². The molecule has 1 aliphatic rings. The van der Waals surface area contributed by atoms with Gasteiger partial charge in [0, 0.05) is 43.6 Å². The van der Waals surface area contributed by atoms with E-state index >= 15 is 0 Å². The molecule has 0 saturated carbocycles. The lowest BCUT2D eigenvalue weighted by atomic mass is 10.1. The highest BCUT2D eigenvalue weighted by Gasteiger charge is 2.31. The van der Waals surface area contributed by atoms with Gasteiger partial charge in [-0.25, -0.2) is 0 Å². The average Bonchev–Trinajstić information content (AvgIpc) is 3.36. The molecule has 1 N–H and O–H groups in total. The van der Waals surface area contributed by atoms with Crippen molar-refractivity contribution in [3.05, 3.63) is 47.7 Å². The van der Waals surface area contributed by atoms with E-state index in [4.69, 9.17) is 14.2 Å². The Kier molecular flexibility index (Phi) is 5.94. The quantitative estimate of drug-likeness (QED) is 0.614. The molecule has 2 heterocycles. The molecule has 1 fully saturated rings. The number of nitrogens with zero attached hydrogens (tertiary/aromatic N) is 2. The van der Waals surface area contributed by atoms with Crippen LogP contribution in [0.4, 0.5) is 5.69 Å². The Morgan fingerprint density at radius 2 is 1.75 bits per heavy atom. The van der Waals surface area contributed by atoms with Gasteiger partial charge in [-0.2, -0.15) is 0 Å². The van der Waals surface area contributed by atoms with E-state index in [0.717, 1.165) is 22.9 Å². The fraction of sp³-hybridized carbons (Fsp3) is 0.333. The second kappa shape index (κ2) is 8.82. The zero-order valence-electron chi connectivity index (χ0n) is 18.7. The first kappa shape index (κ1) is 21.5. The van der Waals surface area contributed by atoms with Crippen LogP contribution in [0.25, 0.3) is 10.9 Å². The normalized spacial score (nSPS) is 13.5. The maximum atomic E-state index is 13.4. The third-order valence-corrected chi connectivity index (χ3v) is 5.87. The van der Waals surface area contributed by atoms with E-state index in [1.165, 1.54) is 0 Å². The van der Waals surface area contributed by atoms with Gasteiger partial charge in [-0.05, 0) is 36.8 Å². The second-order valence-electron chi connectivity index (χ2n) is 7.65. The number of methoxy groups -OCH3 is 3. The number of rotatable bonds is 7. The molecule has 0 unspecified atom stereocenters. The summed E-state index contributed by atoms with van der Waals surface area (Å²) < 4.78 is 17.9. The van der Waals surface area contributed by atoms with Crippen LogP contribution < -0.4 is 24.4 Å². The van der Waals surface area contributed by atoms with Gasteiger partial charge < -0.3 is 29.0 Å². The van der Waals surface area contributed by atoms with Crippen LogP contribution in [0.5, 0.6) is 17.2 Å². The van der Waals surface area contributed by atoms with Crippen LogP contribution in [0.2, 0.25) is 0 Å². The van der Waals surface area contributed by atoms with E-state index in [2.05, 4.69) is 5.32 Å². The number of anilines is 1. The number of hydrogen-bond donors (Lipinski definition) is 1. The molecule has 32 heavy (non-hydrogen) atoms. The van der Waals surface area contributed by atoms with Crippen molar-refractivity contribution in [1.82, 2.24) is 9.88 Å². The van der Waals surface area contributed by atoms with E-state index in [1.54, 1.807) is 32.3 Å². The predicted octanol–water partition coefficient (Wildman–Crippen LogP) is 3.26. The highest BCUT2D eigenvalue weighted by atomic mass is 16.5. The summed E-state index contributed by atoms with van der Waals surface area (Å²) in [5.74, 6) is 1.73. The first-order chi connectivity index (χ1) is 15.5. The van der Waals surface area contributed by atoms with Gasteiger partial charge in [0.05, 0.1) is 32.5 Å². The zero-order valence-corrected chi connectivity index (χ0v) is 18.7. The van der Waals surface area contributed by atoms with Crippen LogP contribution in [-0.4, -0.2) is 44.3 Å². The van der Waals surface area contributed by atoms with Crippen LogP contribution in [0.1, 0.15) is 28.9 Å². The van der Waals surface area contributed by atoms with Crippen LogP contribution in [0.3, 0.4) is 0 Å². The van der Waals surface area contributed by atoms with Crippen molar-refractivity contribution in [1.29, 1.82) is 0 Å². The lowest BCUT2D eigenvalue weighted by Crippen LogP contribution is -2.30. The minimum absolute atomic E-state index is 0.0196. The summed E-state index contributed by atoms with van der Waals surface area (Å²) in [5, 5.41) is 3.80. The number of aromatic nitrogens is 1. The van der Waals surface area contributed by atoms with Crippen molar-refractivity contribution in [2.75, 3.05) is 32.8 Å². The van der Waals surface area contributed by atoms with Gasteiger partial charge in [0.1, 0.15) is 22.9 Å². The third-order valence-electron chi connectivity index (χ3n) is 5.87. The molecular formula is C24H27N3O5. The molecule has 0 radical (unpaired) electrons. The SMILES string of the molecule is COc1ccc(CNC(=O)c2c(N3CCCC3=O)c3cc(OC)ccc3n2C)c(OC)c1. The smallest absolute Gasteiger partial charge is 0.270 e. The topological polar surface area (TPSA) is 82.0 Å². The van der Waals surface area contributed by atoms with Crippen LogP contribution in [0, 0.1) is 0 Å². The summed E-state index contributed by atoms with van der Waals surface area (Å²) in [7, 11) is 6.60. The Bertz CT molecular complexity index is 1180. The van der Waals surface area contributed by atoms with E-state index in [9.17, 15) is 9.59 Å². The number of benzene rings is 2. The summed E-state index contributed by atoms with van der Waals surface area (Å²) in [6.07, 6.45) is 1.24. The molecule has 1 aromatic heterocycles. The number of ether oxygens (including phenoxy) is 3. The van der Waals surface area contributed by atoms with Gasteiger partial charge in [0.25, 0.3) is 5.91 Å². The number of amides is 2. The molecule has 0 aliphatic carbocycles. The monoisotopic (exact) mass is 437 g/mol. The van der Waals surface area contributed by atoms with Gasteiger partial charge in [-0.1, -0.05) is 0 Å². The van der Waals surface area contributed by atoms with E-state index < -0.39 is 0 Å². The molecule has 168 valence electrons. The van der Waals surface area contributed by atoms with Crippen molar-refractivity contribution in [2.24, 2.45) is 7.05 Å². The maximum Gasteiger partial charge on any atom is 0.270 e. The number of aryl methyl sites for hydroxylation is 1. The van der Waals surface area contributed by atoms with E-state index in [1.807, 2.05) is 41.9 Å². The predicted molar refractivity (Wildman–Crippen MR) is 122 cm³/mol. The highest BCUT2D eigenvalue weighted by Crippen LogP contribution is 2.38. The van der Waals surface area contributed by atoms with Crippen LogP contribution in [-0.2, 0) is 18.4 Å². The minimum Gasteiger partial charge on any atom is -0.497 e. The Labute approximate surface area is 186 Å². The lowest BCUT2D eigenvalue weighted by molar-refractivity contribution is -0.117. The molecule has 8 heteroatoms. The number of carbonyl (C=O) groups is 2. The molecular weight excluding hydrogens is 410 g/mol. The Hall–Kier alpha value is -3.68. The largest absolute Gasteiger partial charge is 0.497 e. The third kappa shape index (κ3) is 3.72.